The van der Waals surface area contributed by atoms with Gasteiger partial charge in [-0.3, -0.25) is 14.9 Å². The first-order chi connectivity index (χ1) is 19.2. The molecule has 1 aliphatic carbocycles. The van der Waals surface area contributed by atoms with Crippen molar-refractivity contribution < 1.29 is 37.4 Å². The number of aliphatic hydroxyl groups is 1. The zero-order valence-corrected chi connectivity index (χ0v) is 21.1. The predicted octanol–water partition coefficient (Wildman–Crippen LogP) is 2.80. The minimum Gasteiger partial charge on any atom is -0.454 e. The summed E-state index contributed by atoms with van der Waals surface area (Å²) in [7, 11) is 0. The van der Waals surface area contributed by atoms with Crippen molar-refractivity contribution in [3.05, 3.63) is 77.6 Å². The molecule has 4 amide bonds. The number of hydrogen-bond acceptors (Lipinski definition) is 6. The fourth-order valence-corrected chi connectivity index (χ4v) is 4.25. The lowest BCUT2D eigenvalue weighted by Crippen LogP contribution is -2.55. The van der Waals surface area contributed by atoms with E-state index in [0.717, 1.165) is 24.3 Å². The number of nitrogens with one attached hydrogen (secondary N) is 4. The molecule has 2 aromatic carbocycles. The summed E-state index contributed by atoms with van der Waals surface area (Å²) < 4.78 is 48.3. The van der Waals surface area contributed by atoms with Gasteiger partial charge >= 0.3 is 6.03 Å². The van der Waals surface area contributed by atoms with Gasteiger partial charge in [-0.1, -0.05) is 0 Å². The Morgan fingerprint density at radius 3 is 2.38 bits per heavy atom. The number of amides is 4. The lowest BCUT2D eigenvalue weighted by atomic mass is 10.0. The highest BCUT2D eigenvalue weighted by Gasteiger charge is 2.56. The Morgan fingerprint density at radius 1 is 1.00 bits per heavy atom. The molecule has 2 aromatic rings. The van der Waals surface area contributed by atoms with Gasteiger partial charge in [-0.15, -0.1) is 0 Å². The molecule has 0 bridgehead atoms. The highest BCUT2D eigenvalue weighted by atomic mass is 19.1. The minimum absolute atomic E-state index is 0.00374. The number of nitrogens with zero attached hydrogens (tertiary/aromatic N) is 1. The largest absolute Gasteiger partial charge is 0.454 e. The summed E-state index contributed by atoms with van der Waals surface area (Å²) in [5, 5.41) is 19.5. The molecule has 0 atom stereocenters. The molecule has 2 aliphatic heterocycles. The van der Waals surface area contributed by atoms with Gasteiger partial charge in [0.25, 0.3) is 0 Å². The second kappa shape index (κ2) is 10.9. The number of ether oxygens (including phenoxy) is 1. The number of carbonyl (C=O) groups excluding carboxylic acids is 3. The molecule has 210 valence electrons. The van der Waals surface area contributed by atoms with E-state index in [-0.39, 0.29) is 43.7 Å². The zero-order valence-electron chi connectivity index (χ0n) is 21.1. The third-order valence-electron chi connectivity index (χ3n) is 6.85. The van der Waals surface area contributed by atoms with Crippen molar-refractivity contribution in [1.29, 1.82) is 0 Å². The fourth-order valence-electron chi connectivity index (χ4n) is 4.25. The van der Waals surface area contributed by atoms with Crippen LogP contribution in [0.25, 0.3) is 0 Å². The smallest absolute Gasteiger partial charge is 0.322 e. The van der Waals surface area contributed by atoms with Crippen molar-refractivity contribution in [1.82, 2.24) is 15.5 Å². The van der Waals surface area contributed by atoms with Gasteiger partial charge in [-0.05, 0) is 43.2 Å². The molecular weight excluding hydrogens is 531 g/mol. The third kappa shape index (κ3) is 5.73. The second-order valence-electron chi connectivity index (χ2n) is 9.79. The molecule has 5 rings (SSSR count). The molecule has 0 radical (unpaired) electrons. The molecule has 1 saturated heterocycles. The summed E-state index contributed by atoms with van der Waals surface area (Å²) >= 11 is 0. The molecule has 1 saturated carbocycles. The van der Waals surface area contributed by atoms with Gasteiger partial charge in [-0.25, -0.2) is 18.0 Å². The van der Waals surface area contributed by atoms with Crippen molar-refractivity contribution in [2.75, 3.05) is 36.9 Å². The van der Waals surface area contributed by atoms with E-state index >= 15 is 0 Å². The van der Waals surface area contributed by atoms with E-state index in [9.17, 15) is 27.6 Å². The van der Waals surface area contributed by atoms with Crippen LogP contribution in [-0.2, 0) is 9.59 Å². The molecule has 40 heavy (non-hydrogen) atoms. The molecule has 2 heterocycles. The van der Waals surface area contributed by atoms with Gasteiger partial charge < -0.3 is 30.7 Å². The molecular formula is C27H26F3N5O5. The van der Waals surface area contributed by atoms with Gasteiger partial charge in [0.05, 0.1) is 5.69 Å². The Labute approximate surface area is 226 Å². The van der Waals surface area contributed by atoms with E-state index in [4.69, 9.17) is 9.84 Å². The second-order valence-corrected chi connectivity index (χ2v) is 9.79. The zero-order chi connectivity index (χ0) is 28.4. The highest BCUT2D eigenvalue weighted by molar-refractivity contribution is 6.16. The summed E-state index contributed by atoms with van der Waals surface area (Å²) in [6.07, 6.45) is 3.40. The monoisotopic (exact) mass is 557 g/mol. The first-order valence-electron chi connectivity index (χ1n) is 12.5. The Kier molecular flexibility index (Phi) is 7.39. The van der Waals surface area contributed by atoms with E-state index in [0.29, 0.717) is 24.6 Å². The van der Waals surface area contributed by atoms with Gasteiger partial charge in [-0.2, -0.15) is 0 Å². The van der Waals surface area contributed by atoms with Crippen molar-refractivity contribution in [2.24, 2.45) is 11.3 Å². The number of halogens is 3. The lowest BCUT2D eigenvalue weighted by Gasteiger charge is -2.38. The average molecular weight is 558 g/mol. The number of dihydropyridines is 1. The number of likely N-dealkylation sites (tertiary alicyclic amines) is 1. The number of allylic oxidation sites excluding steroid dienone is 1. The van der Waals surface area contributed by atoms with Crippen molar-refractivity contribution >= 4 is 29.2 Å². The number of hydrogen-bond donors (Lipinski definition) is 5. The van der Waals surface area contributed by atoms with E-state index < -0.39 is 46.1 Å². The standard InChI is InChI=1S/C27H26F3N5O5/c28-16-1-3-17(4-2-16)32-24(37)27(6-7-27)25(38)33-21-10-20(30)22(11-19(21)29)40-18-5-8-31-23(9-18)34-26(39)35-12-15(13-35)14-36/h1-5,9-11,15,31,36H,6-8,12-14H2,(H,32,37)(H,33,38)(H,34,39). The number of anilines is 2. The van der Waals surface area contributed by atoms with Crippen LogP contribution in [0.2, 0.25) is 0 Å². The Bertz CT molecular complexity index is 1400. The maximum absolute atomic E-state index is 14.9. The van der Waals surface area contributed by atoms with Gasteiger partial charge in [0, 0.05) is 56.1 Å². The van der Waals surface area contributed by atoms with Gasteiger partial charge in [0.15, 0.2) is 17.4 Å². The summed E-state index contributed by atoms with van der Waals surface area (Å²) in [6, 6.07) is 6.16. The quantitative estimate of drug-likeness (QED) is 0.317. The van der Waals surface area contributed by atoms with Crippen LogP contribution in [0.4, 0.5) is 29.3 Å². The van der Waals surface area contributed by atoms with Gasteiger partial charge in [0.2, 0.25) is 11.8 Å². The molecule has 3 aliphatic rings. The van der Waals surface area contributed by atoms with Crippen LogP contribution in [0.1, 0.15) is 12.8 Å². The molecule has 10 nitrogen and oxygen atoms in total. The van der Waals surface area contributed by atoms with E-state index in [1.807, 2.05) is 0 Å². The number of carbonyl (C=O) groups is 3. The third-order valence-corrected chi connectivity index (χ3v) is 6.85. The van der Waals surface area contributed by atoms with Crippen LogP contribution in [0.5, 0.6) is 5.75 Å². The minimum atomic E-state index is -1.45. The summed E-state index contributed by atoms with van der Waals surface area (Å²) in [5.41, 5.74) is -1.62. The molecule has 0 spiro atoms. The van der Waals surface area contributed by atoms with Crippen LogP contribution in [0.3, 0.4) is 0 Å². The van der Waals surface area contributed by atoms with Crippen molar-refractivity contribution in [3.63, 3.8) is 0 Å². The van der Waals surface area contributed by atoms with Crippen LogP contribution in [0, 0.1) is 28.8 Å². The number of rotatable bonds is 8. The van der Waals surface area contributed by atoms with Crippen molar-refractivity contribution in [2.45, 2.75) is 12.8 Å². The highest BCUT2D eigenvalue weighted by Crippen LogP contribution is 2.47. The van der Waals surface area contributed by atoms with Crippen LogP contribution < -0.4 is 26.0 Å². The summed E-state index contributed by atoms with van der Waals surface area (Å²) in [6.45, 7) is 1.12. The predicted molar refractivity (Wildman–Crippen MR) is 137 cm³/mol. The number of benzene rings is 2. The average Bonchev–Trinajstić information content (AvgIpc) is 3.70. The molecule has 5 N–H and O–H groups in total. The maximum atomic E-state index is 14.9. The molecule has 0 aromatic heterocycles. The number of aliphatic hydroxyl groups excluding tert-OH is 1. The summed E-state index contributed by atoms with van der Waals surface area (Å²) in [5.74, 6) is -3.81. The number of urea groups is 1. The first kappa shape index (κ1) is 27.1. The topological polar surface area (TPSA) is 132 Å². The van der Waals surface area contributed by atoms with Crippen LogP contribution in [-0.4, -0.2) is 54.1 Å². The SMILES string of the molecule is O=C(NC1=CC(Oc2cc(F)c(NC(=O)C3(C(=O)Nc4ccc(F)cc4)CC3)cc2F)=CCN1)N1CC(CO)C1. The van der Waals surface area contributed by atoms with Crippen LogP contribution in [0.15, 0.2) is 60.1 Å². The molecule has 0 unspecified atom stereocenters. The lowest BCUT2D eigenvalue weighted by molar-refractivity contribution is -0.131. The Hall–Kier alpha value is -4.52. The van der Waals surface area contributed by atoms with E-state index in [2.05, 4.69) is 21.3 Å². The summed E-state index contributed by atoms with van der Waals surface area (Å²) in [4.78, 5) is 39.4. The maximum Gasteiger partial charge on any atom is 0.322 e. The Morgan fingerprint density at radius 2 is 1.70 bits per heavy atom. The Balaban J connectivity index is 1.20. The molecule has 13 heteroatoms. The van der Waals surface area contributed by atoms with Gasteiger partial charge in [0.1, 0.15) is 22.8 Å². The first-order valence-corrected chi connectivity index (χ1v) is 12.5. The fraction of sp³-hybridized carbons (Fsp3) is 0.296. The molecule has 2 fully saturated rings. The van der Waals surface area contributed by atoms with Crippen LogP contribution >= 0.6 is 0 Å². The van der Waals surface area contributed by atoms with E-state index in [1.165, 1.54) is 23.1 Å². The normalized spacial score (nSPS) is 17.4. The van der Waals surface area contributed by atoms with Crippen molar-refractivity contribution in [3.8, 4) is 5.75 Å². The van der Waals surface area contributed by atoms with E-state index in [1.54, 1.807) is 6.08 Å².